The molecule has 224 valence electrons. The smallest absolute Gasteiger partial charge is 0.261 e. The molecule has 0 radical (unpaired) electrons. The van der Waals surface area contributed by atoms with Crippen LogP contribution in [0.25, 0.3) is 11.2 Å². The van der Waals surface area contributed by atoms with Crippen LogP contribution in [0.15, 0.2) is 53.3 Å². The lowest BCUT2D eigenvalue weighted by Crippen LogP contribution is -2.49. The molecule has 43 heavy (non-hydrogen) atoms. The summed E-state index contributed by atoms with van der Waals surface area (Å²) in [5, 5.41) is 2.40. The van der Waals surface area contributed by atoms with Crippen molar-refractivity contribution in [3.05, 3.63) is 70.9 Å². The van der Waals surface area contributed by atoms with Crippen LogP contribution in [0.4, 0.5) is 10.1 Å². The van der Waals surface area contributed by atoms with Crippen molar-refractivity contribution in [1.29, 1.82) is 0 Å². The number of carbonyl (C=O) groups is 3. The number of aromatic nitrogens is 2. The van der Waals surface area contributed by atoms with E-state index in [9.17, 15) is 22.8 Å². The maximum Gasteiger partial charge on any atom is 0.261 e. The summed E-state index contributed by atoms with van der Waals surface area (Å²) in [6, 6.07) is 7.84. The van der Waals surface area contributed by atoms with Crippen LogP contribution in [0.1, 0.15) is 36.1 Å². The zero-order valence-electron chi connectivity index (χ0n) is 23.3. The van der Waals surface area contributed by atoms with Gasteiger partial charge >= 0.3 is 0 Å². The Morgan fingerprint density at radius 1 is 1.07 bits per heavy atom. The Kier molecular flexibility index (Phi) is 7.34. The molecule has 1 fully saturated rings. The second-order valence-corrected chi connectivity index (χ2v) is 12.3. The van der Waals surface area contributed by atoms with Crippen molar-refractivity contribution in [2.75, 3.05) is 37.3 Å². The van der Waals surface area contributed by atoms with E-state index in [1.165, 1.54) is 12.1 Å². The topological polar surface area (TPSA) is 154 Å². The summed E-state index contributed by atoms with van der Waals surface area (Å²) in [5.74, 6) is -1.55. The number of piperidine rings is 1. The number of carbonyl (C=O) groups excluding carboxylic acids is 3. The molecule has 1 unspecified atom stereocenters. The highest BCUT2D eigenvalue weighted by atomic mass is 32.2. The van der Waals surface area contributed by atoms with Crippen molar-refractivity contribution in [2.24, 2.45) is 4.99 Å². The minimum Gasteiger partial charge on any atom is -0.357 e. The average molecular weight is 609 g/mol. The third kappa shape index (κ3) is 5.43. The van der Waals surface area contributed by atoms with E-state index in [0.29, 0.717) is 48.2 Å². The second kappa shape index (κ2) is 11.0. The summed E-state index contributed by atoms with van der Waals surface area (Å²) in [4.78, 5) is 52.9. The van der Waals surface area contributed by atoms with Gasteiger partial charge in [0.15, 0.2) is 0 Å². The molecular weight excluding hydrogens is 579 g/mol. The first-order valence-corrected chi connectivity index (χ1v) is 15.7. The molecule has 0 bridgehead atoms. The SMILES string of the molecule is CS(=O)(=O)O.O=C1NC(=O)C(c2cnc3ccccn23)=C1C1=NCCN2c3c(cc(F)cc31)CC2C(=O)N1CCCCC1. The molecule has 1 atom stereocenters. The summed E-state index contributed by atoms with van der Waals surface area (Å²) in [6.45, 7) is 2.22. The van der Waals surface area contributed by atoms with Gasteiger partial charge in [-0.3, -0.25) is 33.6 Å². The number of hydrogen-bond donors (Lipinski definition) is 2. The van der Waals surface area contributed by atoms with E-state index < -0.39 is 33.8 Å². The number of amides is 3. The Balaban J connectivity index is 0.000000611. The first-order valence-electron chi connectivity index (χ1n) is 13.9. The largest absolute Gasteiger partial charge is 0.357 e. The van der Waals surface area contributed by atoms with Crippen LogP contribution in [-0.4, -0.2) is 89.2 Å². The normalized spacial score (nSPS) is 20.0. The van der Waals surface area contributed by atoms with Gasteiger partial charge in [0.1, 0.15) is 17.5 Å². The summed E-state index contributed by atoms with van der Waals surface area (Å²) in [7, 11) is -3.67. The number of nitrogens with one attached hydrogen (secondary N) is 1. The van der Waals surface area contributed by atoms with Gasteiger partial charge in [-0.2, -0.15) is 8.42 Å². The fourth-order valence-electron chi connectivity index (χ4n) is 6.23. The zero-order valence-corrected chi connectivity index (χ0v) is 24.1. The predicted octanol–water partition coefficient (Wildman–Crippen LogP) is 1.63. The van der Waals surface area contributed by atoms with Crippen LogP contribution < -0.4 is 10.2 Å². The Morgan fingerprint density at radius 2 is 1.79 bits per heavy atom. The number of pyridine rings is 1. The standard InChI is InChI=1S/C28H25FN6O3.CH4O3S/c29-17-12-16-13-19(28(38)33-8-3-1-4-9-33)35-11-7-30-24(18(14-17)25(16)35)23-22(26(36)32-27(23)37)20-15-31-21-6-2-5-10-34(20)21;1-5(2,3)4/h2,5-6,10,12,14-15,19H,1,3-4,7-9,11,13H2,(H,32,36,37);1H3,(H,2,3,4). The molecule has 0 spiro atoms. The van der Waals surface area contributed by atoms with Crippen molar-refractivity contribution in [3.63, 3.8) is 0 Å². The molecule has 6 heterocycles. The van der Waals surface area contributed by atoms with Gasteiger partial charge < -0.3 is 9.80 Å². The van der Waals surface area contributed by atoms with Crippen molar-refractivity contribution >= 4 is 50.5 Å². The van der Waals surface area contributed by atoms with Crippen LogP contribution in [0.5, 0.6) is 0 Å². The second-order valence-electron chi connectivity index (χ2n) is 10.8. The van der Waals surface area contributed by atoms with Crippen molar-refractivity contribution in [2.45, 2.75) is 31.7 Å². The molecule has 4 aliphatic rings. The summed E-state index contributed by atoms with van der Waals surface area (Å²) in [6.07, 6.45) is 7.53. The summed E-state index contributed by atoms with van der Waals surface area (Å²) < 4.78 is 42.6. The number of nitrogens with zero attached hydrogens (tertiary/aromatic N) is 5. The van der Waals surface area contributed by atoms with Gasteiger partial charge in [-0.05, 0) is 49.1 Å². The number of hydrogen-bond acceptors (Lipinski definition) is 8. The van der Waals surface area contributed by atoms with Gasteiger partial charge in [-0.1, -0.05) is 6.07 Å². The third-order valence-electron chi connectivity index (χ3n) is 7.89. The van der Waals surface area contributed by atoms with Crippen molar-refractivity contribution < 1.29 is 31.7 Å². The van der Waals surface area contributed by atoms with Crippen LogP contribution in [-0.2, 0) is 30.9 Å². The molecule has 0 saturated carbocycles. The molecule has 2 aromatic heterocycles. The minimum atomic E-state index is -3.67. The van der Waals surface area contributed by atoms with Gasteiger partial charge in [0.2, 0.25) is 5.91 Å². The van der Waals surface area contributed by atoms with Crippen molar-refractivity contribution in [3.8, 4) is 0 Å². The van der Waals surface area contributed by atoms with E-state index in [0.717, 1.165) is 38.0 Å². The molecule has 4 aliphatic heterocycles. The highest BCUT2D eigenvalue weighted by Crippen LogP contribution is 2.41. The first-order chi connectivity index (χ1) is 20.5. The van der Waals surface area contributed by atoms with Gasteiger partial charge in [0.05, 0.1) is 47.2 Å². The van der Waals surface area contributed by atoms with Crippen molar-refractivity contribution in [1.82, 2.24) is 19.6 Å². The van der Waals surface area contributed by atoms with Crippen LogP contribution in [0.2, 0.25) is 0 Å². The van der Waals surface area contributed by atoms with Gasteiger partial charge in [-0.15, -0.1) is 0 Å². The van der Waals surface area contributed by atoms with Gasteiger partial charge in [-0.25, -0.2) is 9.37 Å². The zero-order chi connectivity index (χ0) is 30.5. The van der Waals surface area contributed by atoms with E-state index in [2.05, 4.69) is 10.3 Å². The molecule has 1 saturated heterocycles. The third-order valence-corrected chi connectivity index (χ3v) is 7.89. The van der Waals surface area contributed by atoms with Gasteiger partial charge in [0, 0.05) is 37.8 Å². The lowest BCUT2D eigenvalue weighted by molar-refractivity contribution is -0.133. The van der Waals surface area contributed by atoms with E-state index in [1.807, 2.05) is 21.9 Å². The highest BCUT2D eigenvalue weighted by Gasteiger charge is 2.43. The van der Waals surface area contributed by atoms with Crippen LogP contribution >= 0.6 is 0 Å². The average Bonchev–Trinajstić information content (AvgIpc) is 3.58. The van der Waals surface area contributed by atoms with E-state index >= 15 is 4.39 Å². The molecule has 2 N–H and O–H groups in total. The number of rotatable bonds is 3. The number of halogens is 1. The Labute approximate surface area is 246 Å². The minimum absolute atomic E-state index is 0.0510. The number of benzene rings is 1. The van der Waals surface area contributed by atoms with E-state index in [4.69, 9.17) is 9.55 Å². The predicted molar refractivity (Wildman–Crippen MR) is 156 cm³/mol. The fourth-order valence-corrected chi connectivity index (χ4v) is 6.23. The number of anilines is 1. The Bertz CT molecular complexity index is 1830. The number of fused-ring (bicyclic) bond motifs is 1. The van der Waals surface area contributed by atoms with Gasteiger partial charge in [0.25, 0.3) is 21.9 Å². The van der Waals surface area contributed by atoms with Crippen LogP contribution in [0.3, 0.4) is 0 Å². The fraction of sp³-hybridized carbons (Fsp3) is 0.345. The molecule has 1 aromatic carbocycles. The molecule has 3 aromatic rings. The van der Waals surface area contributed by atoms with E-state index in [-0.39, 0.29) is 22.8 Å². The Morgan fingerprint density at radius 3 is 2.53 bits per heavy atom. The molecule has 7 rings (SSSR count). The molecular formula is C29H29FN6O6S. The molecule has 14 heteroatoms. The number of imide groups is 1. The maximum absolute atomic E-state index is 15.0. The number of aliphatic imine (C=N–C) groups is 1. The monoisotopic (exact) mass is 608 g/mol. The molecule has 12 nitrogen and oxygen atoms in total. The first kappa shape index (κ1) is 28.7. The number of likely N-dealkylation sites (tertiary alicyclic amines) is 1. The maximum atomic E-state index is 15.0. The van der Waals surface area contributed by atoms with E-state index in [1.54, 1.807) is 22.9 Å². The van der Waals surface area contributed by atoms with Crippen LogP contribution in [0, 0.1) is 5.82 Å². The lowest BCUT2D eigenvalue weighted by Gasteiger charge is -2.33. The quantitative estimate of drug-likeness (QED) is 0.336. The molecule has 0 aliphatic carbocycles. The highest BCUT2D eigenvalue weighted by molar-refractivity contribution is 7.85. The summed E-state index contributed by atoms with van der Waals surface area (Å²) in [5.41, 5.74) is 3.45. The lowest BCUT2D eigenvalue weighted by atomic mass is 9.94. The Hall–Kier alpha value is -4.43. The number of imidazole rings is 1. The summed E-state index contributed by atoms with van der Waals surface area (Å²) >= 11 is 0. The molecule has 3 amide bonds.